The fourth-order valence-electron chi connectivity index (χ4n) is 3.59. The molecular formula is C27H26N2O4. The van der Waals surface area contributed by atoms with Crippen molar-refractivity contribution in [1.82, 2.24) is 0 Å². The minimum atomic E-state index is -0.553. The fourth-order valence-corrected chi connectivity index (χ4v) is 3.59. The van der Waals surface area contributed by atoms with Gasteiger partial charge in [-0.05, 0) is 55.3 Å². The molecule has 0 aliphatic carbocycles. The summed E-state index contributed by atoms with van der Waals surface area (Å²) >= 11 is 0. The van der Waals surface area contributed by atoms with Gasteiger partial charge in [-0.1, -0.05) is 42.5 Å². The van der Waals surface area contributed by atoms with Gasteiger partial charge in [-0.15, -0.1) is 0 Å². The quantitative estimate of drug-likeness (QED) is 0.520. The predicted molar refractivity (Wildman–Crippen MR) is 129 cm³/mol. The number of carbonyl (C=O) groups excluding carboxylic acids is 2. The minimum absolute atomic E-state index is 0.0683. The van der Waals surface area contributed by atoms with E-state index in [2.05, 4.69) is 5.32 Å². The number of nitrogens with one attached hydrogen (secondary N) is 1. The number of hydrogen-bond donors (Lipinski definition) is 1. The molecule has 1 atom stereocenters. The molecule has 0 fully saturated rings. The van der Waals surface area contributed by atoms with Gasteiger partial charge in [0.25, 0.3) is 5.91 Å². The van der Waals surface area contributed by atoms with E-state index in [-0.39, 0.29) is 11.8 Å². The second-order valence-corrected chi connectivity index (χ2v) is 7.69. The summed E-state index contributed by atoms with van der Waals surface area (Å²) < 4.78 is 11.5. The second-order valence-electron chi connectivity index (χ2n) is 7.69. The van der Waals surface area contributed by atoms with Crippen LogP contribution in [0, 0.1) is 0 Å². The molecule has 6 heteroatoms. The number of anilines is 2. The van der Waals surface area contributed by atoms with Crippen LogP contribution in [0.25, 0.3) is 6.08 Å². The molecule has 1 aliphatic rings. The van der Waals surface area contributed by atoms with E-state index >= 15 is 0 Å². The Labute approximate surface area is 193 Å². The lowest BCUT2D eigenvalue weighted by Gasteiger charge is -2.32. The van der Waals surface area contributed by atoms with Gasteiger partial charge >= 0.3 is 0 Å². The average Bonchev–Trinajstić information content (AvgIpc) is 2.84. The van der Waals surface area contributed by atoms with Gasteiger partial charge < -0.3 is 19.7 Å². The Morgan fingerprint density at radius 3 is 2.58 bits per heavy atom. The molecule has 3 aromatic rings. The normalized spacial score (nSPS) is 15.2. The Bertz CT molecular complexity index is 1160. The van der Waals surface area contributed by atoms with Crippen LogP contribution in [-0.4, -0.2) is 24.5 Å². The van der Waals surface area contributed by atoms with Gasteiger partial charge in [0, 0.05) is 24.4 Å². The first kappa shape index (κ1) is 22.1. The molecule has 168 valence electrons. The standard InChI is InChI=1S/C27H26N2O4/c1-3-29-24-15-12-22(17-25(24)33-19(2)27(29)31)28-26(30)16-11-20-9-13-23(14-10-20)32-18-21-7-5-4-6-8-21/h4-17,19H,3,18H2,1-2H3,(H,28,30)/b16-11+. The summed E-state index contributed by atoms with van der Waals surface area (Å²) in [5.41, 5.74) is 3.31. The number of rotatable bonds is 7. The molecule has 4 rings (SSSR count). The van der Waals surface area contributed by atoms with E-state index in [0.29, 0.717) is 30.3 Å². The third-order valence-electron chi connectivity index (χ3n) is 5.31. The number of nitrogens with zero attached hydrogens (tertiary/aromatic N) is 1. The molecule has 6 nitrogen and oxygen atoms in total. The third-order valence-corrected chi connectivity index (χ3v) is 5.31. The zero-order chi connectivity index (χ0) is 23.2. The zero-order valence-electron chi connectivity index (χ0n) is 18.7. The van der Waals surface area contributed by atoms with Crippen molar-refractivity contribution >= 4 is 29.3 Å². The Balaban J connectivity index is 1.34. The van der Waals surface area contributed by atoms with Gasteiger partial charge in [-0.2, -0.15) is 0 Å². The van der Waals surface area contributed by atoms with E-state index in [4.69, 9.17) is 9.47 Å². The Morgan fingerprint density at radius 1 is 1.09 bits per heavy atom. The Hall–Kier alpha value is -4.06. The van der Waals surface area contributed by atoms with Crippen LogP contribution in [0.2, 0.25) is 0 Å². The van der Waals surface area contributed by atoms with E-state index in [9.17, 15) is 9.59 Å². The van der Waals surface area contributed by atoms with Gasteiger partial charge in [0.2, 0.25) is 5.91 Å². The molecule has 1 unspecified atom stereocenters. The van der Waals surface area contributed by atoms with E-state index in [0.717, 1.165) is 16.9 Å². The molecule has 2 amide bonds. The molecule has 1 aliphatic heterocycles. The van der Waals surface area contributed by atoms with Crippen LogP contribution >= 0.6 is 0 Å². The largest absolute Gasteiger partial charge is 0.489 e. The summed E-state index contributed by atoms with van der Waals surface area (Å²) in [5, 5.41) is 2.84. The van der Waals surface area contributed by atoms with Crippen LogP contribution in [0.3, 0.4) is 0 Å². The molecule has 0 bridgehead atoms. The van der Waals surface area contributed by atoms with Crippen molar-refractivity contribution in [3.63, 3.8) is 0 Å². The topological polar surface area (TPSA) is 67.9 Å². The maximum absolute atomic E-state index is 12.4. The predicted octanol–water partition coefficient (Wildman–Crippen LogP) is 5.05. The highest BCUT2D eigenvalue weighted by Gasteiger charge is 2.30. The highest BCUT2D eigenvalue weighted by atomic mass is 16.5. The van der Waals surface area contributed by atoms with Crippen molar-refractivity contribution < 1.29 is 19.1 Å². The Kier molecular flexibility index (Phi) is 6.74. The van der Waals surface area contributed by atoms with E-state index in [1.54, 1.807) is 36.1 Å². The molecule has 0 saturated carbocycles. The van der Waals surface area contributed by atoms with Crippen LogP contribution in [0.1, 0.15) is 25.0 Å². The van der Waals surface area contributed by atoms with Crippen molar-refractivity contribution in [2.24, 2.45) is 0 Å². The lowest BCUT2D eigenvalue weighted by molar-refractivity contribution is -0.125. The number of hydrogen-bond acceptors (Lipinski definition) is 4. The lowest BCUT2D eigenvalue weighted by atomic mass is 10.1. The first-order valence-corrected chi connectivity index (χ1v) is 10.9. The summed E-state index contributed by atoms with van der Waals surface area (Å²) in [7, 11) is 0. The zero-order valence-corrected chi connectivity index (χ0v) is 18.7. The number of likely N-dealkylation sites (N-methyl/N-ethyl adjacent to an activating group) is 1. The summed E-state index contributed by atoms with van der Waals surface area (Å²) in [6.07, 6.45) is 2.66. The van der Waals surface area contributed by atoms with E-state index in [1.807, 2.05) is 61.5 Å². The maximum Gasteiger partial charge on any atom is 0.267 e. The van der Waals surface area contributed by atoms with Gasteiger partial charge in [-0.3, -0.25) is 9.59 Å². The molecular weight excluding hydrogens is 416 g/mol. The molecule has 3 aromatic carbocycles. The first-order valence-electron chi connectivity index (χ1n) is 10.9. The van der Waals surface area contributed by atoms with Gasteiger partial charge in [0.05, 0.1) is 5.69 Å². The smallest absolute Gasteiger partial charge is 0.267 e. The Morgan fingerprint density at radius 2 is 1.85 bits per heavy atom. The van der Waals surface area contributed by atoms with Crippen molar-refractivity contribution in [3.05, 3.63) is 90.0 Å². The number of amides is 2. The number of fused-ring (bicyclic) bond motifs is 1. The maximum atomic E-state index is 12.4. The molecule has 0 radical (unpaired) electrons. The van der Waals surface area contributed by atoms with Gasteiger partial charge in [-0.25, -0.2) is 0 Å². The molecule has 33 heavy (non-hydrogen) atoms. The van der Waals surface area contributed by atoms with Gasteiger partial charge in [0.1, 0.15) is 18.1 Å². The minimum Gasteiger partial charge on any atom is -0.489 e. The van der Waals surface area contributed by atoms with Crippen LogP contribution in [0.15, 0.2) is 78.9 Å². The van der Waals surface area contributed by atoms with Crippen LogP contribution < -0.4 is 19.7 Å². The van der Waals surface area contributed by atoms with Crippen LogP contribution in [0.4, 0.5) is 11.4 Å². The molecule has 1 N–H and O–H groups in total. The third kappa shape index (κ3) is 5.41. The summed E-state index contributed by atoms with van der Waals surface area (Å²) in [4.78, 5) is 26.3. The van der Waals surface area contributed by atoms with Crippen molar-refractivity contribution in [2.45, 2.75) is 26.6 Å². The second kappa shape index (κ2) is 10.0. The summed E-state index contributed by atoms with van der Waals surface area (Å²) in [6, 6.07) is 22.8. The summed E-state index contributed by atoms with van der Waals surface area (Å²) in [6.45, 7) is 4.71. The first-order chi connectivity index (χ1) is 16.0. The van der Waals surface area contributed by atoms with Gasteiger partial charge in [0.15, 0.2) is 6.10 Å². The number of ether oxygens (including phenoxy) is 2. The SMILES string of the molecule is CCN1C(=O)C(C)Oc2cc(NC(=O)/C=C/c3ccc(OCc4ccccc4)cc3)ccc21. The van der Waals surface area contributed by atoms with Crippen molar-refractivity contribution in [1.29, 1.82) is 0 Å². The van der Waals surface area contributed by atoms with E-state index < -0.39 is 6.10 Å². The summed E-state index contributed by atoms with van der Waals surface area (Å²) in [5.74, 6) is 1.02. The van der Waals surface area contributed by atoms with Crippen LogP contribution in [-0.2, 0) is 16.2 Å². The van der Waals surface area contributed by atoms with Crippen molar-refractivity contribution in [2.75, 3.05) is 16.8 Å². The highest BCUT2D eigenvalue weighted by molar-refractivity contribution is 6.03. The number of carbonyl (C=O) groups is 2. The molecule has 0 spiro atoms. The van der Waals surface area contributed by atoms with Crippen LogP contribution in [0.5, 0.6) is 11.5 Å². The fraction of sp³-hybridized carbons (Fsp3) is 0.185. The number of benzene rings is 3. The molecule has 0 saturated heterocycles. The lowest BCUT2D eigenvalue weighted by Crippen LogP contribution is -2.44. The average molecular weight is 443 g/mol. The van der Waals surface area contributed by atoms with Crippen molar-refractivity contribution in [3.8, 4) is 11.5 Å². The van der Waals surface area contributed by atoms with E-state index in [1.165, 1.54) is 6.08 Å². The highest BCUT2D eigenvalue weighted by Crippen LogP contribution is 2.36. The molecule has 1 heterocycles. The monoisotopic (exact) mass is 442 g/mol. The molecule has 0 aromatic heterocycles.